The first-order valence-corrected chi connectivity index (χ1v) is 7.13. The largest absolute Gasteiger partial charge is 0.478 e. The molecule has 1 aromatic rings. The zero-order valence-corrected chi connectivity index (χ0v) is 12.5. The molecule has 0 atom stereocenters. The molecule has 0 unspecified atom stereocenters. The predicted molar refractivity (Wildman–Crippen MR) is 84.3 cm³/mol. The average molecular weight is 290 g/mol. The maximum Gasteiger partial charge on any atom is 0.328 e. The molecule has 0 radical (unpaired) electrons. The van der Waals surface area contributed by atoms with E-state index < -0.39 is 5.97 Å². The van der Waals surface area contributed by atoms with Gasteiger partial charge in [-0.2, -0.15) is 0 Å². The van der Waals surface area contributed by atoms with Gasteiger partial charge in [0, 0.05) is 24.9 Å². The van der Waals surface area contributed by atoms with Crippen molar-refractivity contribution in [2.75, 3.05) is 18.4 Å². The van der Waals surface area contributed by atoms with Crippen molar-refractivity contribution in [3.05, 3.63) is 35.9 Å². The Labute approximate surface area is 125 Å². The fourth-order valence-corrected chi connectivity index (χ4v) is 1.90. The maximum absolute atomic E-state index is 12.1. The molecule has 0 fully saturated rings. The molecule has 0 aliphatic rings. The van der Waals surface area contributed by atoms with Crippen LogP contribution >= 0.6 is 0 Å². The standard InChI is InChI=1S/C16H22N2O3/c1-3-11-18(12-4-2)16(21)17-14-8-5-13(6-9-14)7-10-15(19)20/h5-10H,3-4,11-12H2,1-2H3,(H,17,21)(H,19,20). The third-order valence-corrected chi connectivity index (χ3v) is 2.85. The third-order valence-electron chi connectivity index (χ3n) is 2.85. The van der Waals surface area contributed by atoms with Crippen LogP contribution in [0, 0.1) is 0 Å². The number of urea groups is 1. The number of aliphatic carboxylic acids is 1. The molecule has 2 amide bonds. The van der Waals surface area contributed by atoms with Crippen molar-refractivity contribution in [2.45, 2.75) is 26.7 Å². The lowest BCUT2D eigenvalue weighted by Crippen LogP contribution is -2.36. The van der Waals surface area contributed by atoms with Crippen LogP contribution in [0.2, 0.25) is 0 Å². The summed E-state index contributed by atoms with van der Waals surface area (Å²) >= 11 is 0. The minimum atomic E-state index is -0.984. The summed E-state index contributed by atoms with van der Waals surface area (Å²) < 4.78 is 0. The van der Waals surface area contributed by atoms with Gasteiger partial charge in [0.15, 0.2) is 0 Å². The summed E-state index contributed by atoms with van der Waals surface area (Å²) in [6, 6.07) is 6.94. The Hall–Kier alpha value is -2.30. The zero-order valence-electron chi connectivity index (χ0n) is 12.5. The van der Waals surface area contributed by atoms with Crippen molar-refractivity contribution in [3.8, 4) is 0 Å². The molecule has 0 aromatic heterocycles. The van der Waals surface area contributed by atoms with E-state index in [0.717, 1.165) is 37.6 Å². The molecular formula is C16H22N2O3. The van der Waals surface area contributed by atoms with E-state index in [1.807, 2.05) is 13.8 Å². The second-order valence-electron chi connectivity index (χ2n) is 4.71. The number of rotatable bonds is 7. The van der Waals surface area contributed by atoms with Gasteiger partial charge >= 0.3 is 12.0 Å². The topological polar surface area (TPSA) is 69.6 Å². The molecule has 2 N–H and O–H groups in total. The van der Waals surface area contributed by atoms with Crippen LogP contribution in [-0.4, -0.2) is 35.1 Å². The van der Waals surface area contributed by atoms with E-state index >= 15 is 0 Å². The first-order valence-electron chi connectivity index (χ1n) is 7.13. The number of carboxylic acid groups (broad SMARTS) is 1. The van der Waals surface area contributed by atoms with Gasteiger partial charge < -0.3 is 15.3 Å². The van der Waals surface area contributed by atoms with Gasteiger partial charge in [-0.05, 0) is 36.6 Å². The summed E-state index contributed by atoms with van der Waals surface area (Å²) in [7, 11) is 0. The van der Waals surface area contributed by atoms with Gasteiger partial charge in [0.1, 0.15) is 0 Å². The lowest BCUT2D eigenvalue weighted by Gasteiger charge is -2.21. The van der Waals surface area contributed by atoms with Crippen LogP contribution < -0.4 is 5.32 Å². The molecule has 114 valence electrons. The van der Waals surface area contributed by atoms with Gasteiger partial charge in [0.05, 0.1) is 0 Å². The molecule has 0 bridgehead atoms. The number of amides is 2. The molecule has 5 heteroatoms. The zero-order chi connectivity index (χ0) is 15.7. The highest BCUT2D eigenvalue weighted by atomic mass is 16.4. The van der Waals surface area contributed by atoms with Gasteiger partial charge in [-0.1, -0.05) is 26.0 Å². The molecule has 0 spiro atoms. The highest BCUT2D eigenvalue weighted by molar-refractivity contribution is 5.89. The Morgan fingerprint density at radius 2 is 1.71 bits per heavy atom. The summed E-state index contributed by atoms with van der Waals surface area (Å²) in [6.07, 6.45) is 4.44. The number of carbonyl (C=O) groups excluding carboxylic acids is 1. The first kappa shape index (κ1) is 16.8. The fraction of sp³-hybridized carbons (Fsp3) is 0.375. The van der Waals surface area contributed by atoms with Crippen molar-refractivity contribution in [3.63, 3.8) is 0 Å². The van der Waals surface area contributed by atoms with Crippen molar-refractivity contribution in [1.29, 1.82) is 0 Å². The molecule has 1 rings (SSSR count). The van der Waals surface area contributed by atoms with E-state index in [9.17, 15) is 9.59 Å². The molecule has 0 saturated heterocycles. The van der Waals surface area contributed by atoms with E-state index in [-0.39, 0.29) is 6.03 Å². The second kappa shape index (κ2) is 8.79. The number of hydrogen-bond acceptors (Lipinski definition) is 2. The number of nitrogens with one attached hydrogen (secondary N) is 1. The summed E-state index contributed by atoms with van der Waals surface area (Å²) in [5.74, 6) is -0.984. The van der Waals surface area contributed by atoms with Gasteiger partial charge in [-0.25, -0.2) is 9.59 Å². The molecule has 0 aliphatic carbocycles. The quantitative estimate of drug-likeness (QED) is 0.756. The number of nitrogens with zero attached hydrogens (tertiary/aromatic N) is 1. The smallest absolute Gasteiger partial charge is 0.328 e. The minimum Gasteiger partial charge on any atom is -0.478 e. The van der Waals surface area contributed by atoms with Crippen LogP contribution in [0.3, 0.4) is 0 Å². The Morgan fingerprint density at radius 3 is 2.19 bits per heavy atom. The Morgan fingerprint density at radius 1 is 1.14 bits per heavy atom. The number of anilines is 1. The van der Waals surface area contributed by atoms with Gasteiger partial charge in [-0.3, -0.25) is 0 Å². The van der Waals surface area contributed by atoms with E-state index in [1.54, 1.807) is 29.2 Å². The average Bonchev–Trinajstić information content (AvgIpc) is 2.46. The molecule has 0 saturated carbocycles. The van der Waals surface area contributed by atoms with E-state index in [0.29, 0.717) is 5.69 Å². The molecule has 5 nitrogen and oxygen atoms in total. The number of carbonyl (C=O) groups is 2. The molecule has 1 aromatic carbocycles. The summed E-state index contributed by atoms with van der Waals surface area (Å²) in [4.78, 5) is 24.3. The van der Waals surface area contributed by atoms with Gasteiger partial charge in [-0.15, -0.1) is 0 Å². The summed E-state index contributed by atoms with van der Waals surface area (Å²) in [6.45, 7) is 5.55. The Kier molecular flexibility index (Phi) is 7.01. The van der Waals surface area contributed by atoms with Crippen LogP contribution in [0.4, 0.5) is 10.5 Å². The van der Waals surface area contributed by atoms with Crippen molar-refractivity contribution in [1.82, 2.24) is 4.90 Å². The van der Waals surface area contributed by atoms with Crippen molar-refractivity contribution >= 4 is 23.8 Å². The number of carboxylic acids is 1. The first-order chi connectivity index (χ1) is 10.1. The molecule has 0 aliphatic heterocycles. The number of benzene rings is 1. The summed E-state index contributed by atoms with van der Waals surface area (Å²) in [5, 5.41) is 11.4. The van der Waals surface area contributed by atoms with E-state index in [2.05, 4.69) is 5.32 Å². The van der Waals surface area contributed by atoms with Gasteiger partial charge in [0.2, 0.25) is 0 Å². The predicted octanol–water partition coefficient (Wildman–Crippen LogP) is 3.44. The van der Waals surface area contributed by atoms with Crippen LogP contribution in [0.25, 0.3) is 6.08 Å². The van der Waals surface area contributed by atoms with Crippen LogP contribution in [-0.2, 0) is 4.79 Å². The van der Waals surface area contributed by atoms with Crippen molar-refractivity contribution < 1.29 is 14.7 Å². The SMILES string of the molecule is CCCN(CCC)C(=O)Nc1ccc(C=CC(=O)O)cc1. The minimum absolute atomic E-state index is 0.104. The molecule has 0 heterocycles. The number of hydrogen-bond donors (Lipinski definition) is 2. The fourth-order valence-electron chi connectivity index (χ4n) is 1.90. The second-order valence-corrected chi connectivity index (χ2v) is 4.71. The van der Waals surface area contributed by atoms with Gasteiger partial charge in [0.25, 0.3) is 0 Å². The molecule has 21 heavy (non-hydrogen) atoms. The Bertz CT molecular complexity index is 489. The lowest BCUT2D eigenvalue weighted by molar-refractivity contribution is -0.131. The summed E-state index contributed by atoms with van der Waals surface area (Å²) in [5.41, 5.74) is 1.47. The lowest BCUT2D eigenvalue weighted by atomic mass is 10.2. The third kappa shape index (κ3) is 6.12. The normalized spacial score (nSPS) is 10.6. The highest BCUT2D eigenvalue weighted by Crippen LogP contribution is 2.12. The van der Waals surface area contributed by atoms with Crippen LogP contribution in [0.15, 0.2) is 30.3 Å². The van der Waals surface area contributed by atoms with E-state index in [4.69, 9.17) is 5.11 Å². The highest BCUT2D eigenvalue weighted by Gasteiger charge is 2.11. The van der Waals surface area contributed by atoms with Crippen LogP contribution in [0.5, 0.6) is 0 Å². The molecular weight excluding hydrogens is 268 g/mol. The van der Waals surface area contributed by atoms with Crippen molar-refractivity contribution in [2.24, 2.45) is 0 Å². The van der Waals surface area contributed by atoms with E-state index in [1.165, 1.54) is 6.08 Å². The monoisotopic (exact) mass is 290 g/mol. The van der Waals surface area contributed by atoms with Crippen LogP contribution in [0.1, 0.15) is 32.3 Å². The maximum atomic E-state index is 12.1. The Balaban J connectivity index is 2.65.